The first kappa shape index (κ1) is 15.6. The fourth-order valence-electron chi connectivity index (χ4n) is 2.74. The van der Waals surface area contributed by atoms with E-state index in [2.05, 4.69) is 20.4 Å². The van der Waals surface area contributed by atoms with E-state index < -0.39 is 0 Å². The summed E-state index contributed by atoms with van der Waals surface area (Å²) in [5.74, 6) is 0.219. The van der Waals surface area contributed by atoms with E-state index in [4.69, 9.17) is 0 Å². The molecule has 3 N–H and O–H groups in total. The molecule has 3 rings (SSSR count). The molecule has 122 valence electrons. The molecule has 0 saturated heterocycles. The van der Waals surface area contributed by atoms with Gasteiger partial charge in [-0.15, -0.1) is 0 Å². The van der Waals surface area contributed by atoms with Crippen LogP contribution in [-0.4, -0.2) is 38.7 Å². The number of aromatic hydroxyl groups is 1. The van der Waals surface area contributed by atoms with Crippen LogP contribution in [0, 0.1) is 13.8 Å². The third kappa shape index (κ3) is 3.90. The van der Waals surface area contributed by atoms with Crippen molar-refractivity contribution in [3.8, 4) is 5.75 Å². The maximum absolute atomic E-state index is 12.4. The van der Waals surface area contributed by atoms with Gasteiger partial charge in [0.15, 0.2) is 0 Å². The smallest absolute Gasteiger partial charge is 0.238 e. The Morgan fingerprint density at radius 2 is 2.22 bits per heavy atom. The minimum atomic E-state index is -0.0374. The molecule has 1 amide bonds. The second kappa shape index (κ2) is 6.42. The quantitative estimate of drug-likeness (QED) is 0.764. The second-order valence-electron chi connectivity index (χ2n) is 6.16. The van der Waals surface area contributed by atoms with Crippen molar-refractivity contribution in [2.24, 2.45) is 0 Å². The SMILES string of the molecule is Cc1n[nH]c(C)c1NC(=O)CN(Cc1cccc(O)c1)C1CC1. The molecule has 6 nitrogen and oxygen atoms in total. The van der Waals surface area contributed by atoms with E-state index in [1.807, 2.05) is 26.0 Å². The molecule has 23 heavy (non-hydrogen) atoms. The Balaban J connectivity index is 1.64. The molecule has 1 aliphatic rings. The lowest BCUT2D eigenvalue weighted by Gasteiger charge is -2.21. The van der Waals surface area contributed by atoms with Gasteiger partial charge in [0.05, 0.1) is 23.6 Å². The summed E-state index contributed by atoms with van der Waals surface area (Å²) in [5.41, 5.74) is 3.44. The molecule has 0 bridgehead atoms. The van der Waals surface area contributed by atoms with Crippen molar-refractivity contribution in [3.05, 3.63) is 41.2 Å². The van der Waals surface area contributed by atoms with Gasteiger partial charge >= 0.3 is 0 Å². The first-order valence-electron chi connectivity index (χ1n) is 7.86. The zero-order valence-electron chi connectivity index (χ0n) is 13.5. The minimum absolute atomic E-state index is 0.0374. The maximum Gasteiger partial charge on any atom is 0.238 e. The Hall–Kier alpha value is -2.34. The molecule has 6 heteroatoms. The number of amides is 1. The topological polar surface area (TPSA) is 81.2 Å². The van der Waals surface area contributed by atoms with Crippen LogP contribution in [-0.2, 0) is 11.3 Å². The van der Waals surface area contributed by atoms with Crippen molar-refractivity contribution in [1.29, 1.82) is 0 Å². The number of phenols is 1. The normalized spacial score (nSPS) is 14.2. The Kier molecular flexibility index (Phi) is 4.34. The van der Waals surface area contributed by atoms with Crippen molar-refractivity contribution < 1.29 is 9.90 Å². The lowest BCUT2D eigenvalue weighted by Crippen LogP contribution is -2.34. The number of phenolic OH excluding ortho intramolecular Hbond substituents is 1. The molecule has 2 aromatic rings. The van der Waals surface area contributed by atoms with Crippen LogP contribution in [0.1, 0.15) is 29.8 Å². The molecule has 0 spiro atoms. The molecule has 1 fully saturated rings. The highest BCUT2D eigenvalue weighted by Crippen LogP contribution is 2.28. The van der Waals surface area contributed by atoms with Crippen LogP contribution in [0.5, 0.6) is 5.75 Å². The molecule has 0 unspecified atom stereocenters. The number of hydrogen-bond acceptors (Lipinski definition) is 4. The van der Waals surface area contributed by atoms with Crippen LogP contribution in [0.25, 0.3) is 0 Å². The monoisotopic (exact) mass is 314 g/mol. The van der Waals surface area contributed by atoms with Crippen LogP contribution >= 0.6 is 0 Å². The van der Waals surface area contributed by atoms with Gasteiger partial charge in [0.25, 0.3) is 0 Å². The number of H-pyrrole nitrogens is 1. The lowest BCUT2D eigenvalue weighted by atomic mass is 10.2. The third-order valence-electron chi connectivity index (χ3n) is 4.10. The number of aryl methyl sites for hydroxylation is 2. The number of aromatic nitrogens is 2. The number of benzene rings is 1. The minimum Gasteiger partial charge on any atom is -0.508 e. The molecule has 1 aromatic carbocycles. The van der Waals surface area contributed by atoms with Gasteiger partial charge in [-0.25, -0.2) is 0 Å². The van der Waals surface area contributed by atoms with Gasteiger partial charge in [-0.1, -0.05) is 12.1 Å². The largest absolute Gasteiger partial charge is 0.508 e. The van der Waals surface area contributed by atoms with Gasteiger partial charge in [0.2, 0.25) is 5.91 Å². The molecular weight excluding hydrogens is 292 g/mol. The van der Waals surface area contributed by atoms with E-state index in [0.29, 0.717) is 19.1 Å². The zero-order valence-corrected chi connectivity index (χ0v) is 13.5. The molecular formula is C17H22N4O2. The summed E-state index contributed by atoms with van der Waals surface area (Å²) < 4.78 is 0. The predicted molar refractivity (Wildman–Crippen MR) is 88.2 cm³/mol. The van der Waals surface area contributed by atoms with Crippen molar-refractivity contribution in [2.75, 3.05) is 11.9 Å². The van der Waals surface area contributed by atoms with E-state index in [1.165, 1.54) is 0 Å². The first-order valence-corrected chi connectivity index (χ1v) is 7.86. The van der Waals surface area contributed by atoms with Crippen molar-refractivity contribution in [2.45, 2.75) is 39.3 Å². The average Bonchev–Trinajstić information content (AvgIpc) is 3.30. The number of nitrogens with zero attached hydrogens (tertiary/aromatic N) is 2. The number of anilines is 1. The average molecular weight is 314 g/mol. The van der Waals surface area contributed by atoms with Crippen molar-refractivity contribution >= 4 is 11.6 Å². The molecule has 0 atom stereocenters. The number of aromatic amines is 1. The van der Waals surface area contributed by atoms with E-state index in [-0.39, 0.29) is 11.7 Å². The third-order valence-corrected chi connectivity index (χ3v) is 4.10. The number of nitrogens with one attached hydrogen (secondary N) is 2. The van der Waals surface area contributed by atoms with Crippen LogP contribution < -0.4 is 5.32 Å². The van der Waals surface area contributed by atoms with Gasteiger partial charge in [-0.05, 0) is 44.4 Å². The van der Waals surface area contributed by atoms with Crippen molar-refractivity contribution in [1.82, 2.24) is 15.1 Å². The molecule has 1 saturated carbocycles. The number of carbonyl (C=O) groups is 1. The first-order chi connectivity index (χ1) is 11.0. The Labute approximate surface area is 135 Å². The van der Waals surface area contributed by atoms with Gasteiger partial charge in [-0.3, -0.25) is 14.8 Å². The molecule has 1 heterocycles. The molecule has 1 aromatic heterocycles. The predicted octanol–water partition coefficient (Wildman–Crippen LogP) is 2.34. The summed E-state index contributed by atoms with van der Waals surface area (Å²) >= 11 is 0. The van der Waals surface area contributed by atoms with Gasteiger partial charge < -0.3 is 10.4 Å². The lowest BCUT2D eigenvalue weighted by molar-refractivity contribution is -0.117. The zero-order chi connectivity index (χ0) is 16.4. The van der Waals surface area contributed by atoms with E-state index in [1.54, 1.807) is 12.1 Å². The second-order valence-corrected chi connectivity index (χ2v) is 6.16. The molecule has 0 radical (unpaired) electrons. The standard InChI is InChI=1S/C17H22N4O2/c1-11-17(12(2)20-19-11)18-16(23)10-21(14-6-7-14)9-13-4-3-5-15(22)8-13/h3-5,8,14,22H,6-7,9-10H2,1-2H3,(H,18,23)(H,19,20). The van der Waals surface area contributed by atoms with Crippen LogP contribution in [0.15, 0.2) is 24.3 Å². The number of rotatable bonds is 6. The maximum atomic E-state index is 12.4. The van der Waals surface area contributed by atoms with Crippen LogP contribution in [0.3, 0.4) is 0 Å². The van der Waals surface area contributed by atoms with Gasteiger partial charge in [0.1, 0.15) is 5.75 Å². The highest BCUT2D eigenvalue weighted by Gasteiger charge is 2.30. The van der Waals surface area contributed by atoms with Crippen molar-refractivity contribution in [3.63, 3.8) is 0 Å². The number of hydrogen-bond donors (Lipinski definition) is 3. The summed E-state index contributed by atoms with van der Waals surface area (Å²) in [5, 5.41) is 19.5. The summed E-state index contributed by atoms with van der Waals surface area (Å²) in [7, 11) is 0. The van der Waals surface area contributed by atoms with E-state index in [9.17, 15) is 9.90 Å². The summed E-state index contributed by atoms with van der Waals surface area (Å²) in [6.45, 7) is 4.76. The summed E-state index contributed by atoms with van der Waals surface area (Å²) in [6, 6.07) is 7.65. The highest BCUT2D eigenvalue weighted by atomic mass is 16.3. The Morgan fingerprint density at radius 3 is 2.83 bits per heavy atom. The Bertz CT molecular complexity index is 687. The molecule has 0 aliphatic heterocycles. The summed E-state index contributed by atoms with van der Waals surface area (Å²) in [4.78, 5) is 14.5. The Morgan fingerprint density at radius 1 is 1.43 bits per heavy atom. The van der Waals surface area contributed by atoms with Crippen LogP contribution in [0.2, 0.25) is 0 Å². The molecule has 1 aliphatic carbocycles. The number of carbonyl (C=O) groups excluding carboxylic acids is 1. The highest BCUT2D eigenvalue weighted by molar-refractivity contribution is 5.93. The van der Waals surface area contributed by atoms with Gasteiger partial charge in [0, 0.05) is 12.6 Å². The van der Waals surface area contributed by atoms with Crippen LogP contribution in [0.4, 0.5) is 5.69 Å². The van der Waals surface area contributed by atoms with Gasteiger partial charge in [-0.2, -0.15) is 5.10 Å². The van der Waals surface area contributed by atoms with E-state index in [0.717, 1.165) is 35.5 Å². The van der Waals surface area contributed by atoms with E-state index >= 15 is 0 Å². The fraction of sp³-hybridized carbons (Fsp3) is 0.412. The summed E-state index contributed by atoms with van der Waals surface area (Å²) in [6.07, 6.45) is 2.24. The fourth-order valence-corrected chi connectivity index (χ4v) is 2.74.